The van der Waals surface area contributed by atoms with E-state index in [1.54, 1.807) is 19.1 Å². The van der Waals surface area contributed by atoms with E-state index >= 15 is 0 Å². The van der Waals surface area contributed by atoms with E-state index in [4.69, 9.17) is 25.5 Å². The molecular formula is C26H29ClO5. The molecule has 0 radical (unpaired) electrons. The number of fused-ring (bicyclic) bond motifs is 1. The standard InChI is InChI=1S/C26H29ClO5/c1-6-30-24(28)12-11-19-16(2)20-13-21(27)23(14-22(20)32-25(19)29)31-15-17-7-9-18(10-8-17)26(3,4)5/h7-10,13-14H,6,11-12,15H2,1-5H3. The Morgan fingerprint density at radius 2 is 1.81 bits per heavy atom. The fourth-order valence-corrected chi connectivity index (χ4v) is 3.73. The van der Waals surface area contributed by atoms with Gasteiger partial charge in [0.2, 0.25) is 0 Å². The van der Waals surface area contributed by atoms with Crippen molar-refractivity contribution in [3.8, 4) is 5.75 Å². The maximum absolute atomic E-state index is 12.5. The third-order valence-electron chi connectivity index (χ3n) is 5.44. The summed E-state index contributed by atoms with van der Waals surface area (Å²) in [5.41, 5.74) is 3.48. The molecule has 0 spiro atoms. The highest BCUT2D eigenvalue weighted by Gasteiger charge is 2.16. The average molecular weight is 457 g/mol. The molecule has 5 nitrogen and oxygen atoms in total. The Hall–Kier alpha value is -2.79. The van der Waals surface area contributed by atoms with Gasteiger partial charge in [-0.3, -0.25) is 4.79 Å². The molecule has 0 saturated carbocycles. The zero-order valence-electron chi connectivity index (χ0n) is 19.2. The third-order valence-corrected chi connectivity index (χ3v) is 5.73. The van der Waals surface area contributed by atoms with Crippen molar-refractivity contribution in [1.82, 2.24) is 0 Å². The Labute approximate surface area is 193 Å². The topological polar surface area (TPSA) is 65.7 Å². The summed E-state index contributed by atoms with van der Waals surface area (Å²) in [4.78, 5) is 24.2. The van der Waals surface area contributed by atoms with Crippen LogP contribution >= 0.6 is 11.6 Å². The van der Waals surface area contributed by atoms with Crippen molar-refractivity contribution in [3.05, 3.63) is 74.1 Å². The summed E-state index contributed by atoms with van der Waals surface area (Å²) in [7, 11) is 0. The lowest BCUT2D eigenvalue weighted by Crippen LogP contribution is -2.13. The Morgan fingerprint density at radius 1 is 1.12 bits per heavy atom. The predicted octanol–water partition coefficient (Wildman–Crippen LogP) is 6.13. The van der Waals surface area contributed by atoms with Gasteiger partial charge in [0.1, 0.15) is 17.9 Å². The van der Waals surface area contributed by atoms with Crippen molar-refractivity contribution in [1.29, 1.82) is 0 Å². The summed E-state index contributed by atoms with van der Waals surface area (Å²) >= 11 is 6.47. The Morgan fingerprint density at radius 3 is 2.44 bits per heavy atom. The van der Waals surface area contributed by atoms with Crippen LogP contribution in [0, 0.1) is 6.92 Å². The molecule has 0 amide bonds. The number of hydrogen-bond donors (Lipinski definition) is 0. The van der Waals surface area contributed by atoms with Crippen LogP contribution in [0.15, 0.2) is 45.6 Å². The number of aryl methyl sites for hydroxylation is 1. The first kappa shape index (κ1) is 23.9. The average Bonchev–Trinajstić information content (AvgIpc) is 2.73. The van der Waals surface area contributed by atoms with Crippen LogP contribution in [0.4, 0.5) is 0 Å². The van der Waals surface area contributed by atoms with Crippen LogP contribution in [-0.2, 0) is 28.0 Å². The first-order valence-electron chi connectivity index (χ1n) is 10.7. The molecule has 2 aromatic carbocycles. The first-order chi connectivity index (χ1) is 15.1. The molecular weight excluding hydrogens is 428 g/mol. The lowest BCUT2D eigenvalue weighted by Gasteiger charge is -2.19. The van der Waals surface area contributed by atoms with Crippen LogP contribution in [0.2, 0.25) is 5.02 Å². The monoisotopic (exact) mass is 456 g/mol. The van der Waals surface area contributed by atoms with Gasteiger partial charge in [0.25, 0.3) is 0 Å². The van der Waals surface area contributed by atoms with Gasteiger partial charge >= 0.3 is 11.6 Å². The number of benzene rings is 2. The molecule has 0 atom stereocenters. The van der Waals surface area contributed by atoms with Crippen LogP contribution in [0.3, 0.4) is 0 Å². The van der Waals surface area contributed by atoms with E-state index in [2.05, 4.69) is 32.9 Å². The zero-order valence-corrected chi connectivity index (χ0v) is 20.0. The van der Waals surface area contributed by atoms with Crippen molar-refractivity contribution in [2.75, 3.05) is 6.61 Å². The van der Waals surface area contributed by atoms with Crippen molar-refractivity contribution < 1.29 is 18.7 Å². The van der Waals surface area contributed by atoms with E-state index in [9.17, 15) is 9.59 Å². The van der Waals surface area contributed by atoms with Gasteiger partial charge in [-0.05, 0) is 48.4 Å². The molecule has 0 bridgehead atoms. The fraction of sp³-hybridized carbons (Fsp3) is 0.385. The summed E-state index contributed by atoms with van der Waals surface area (Å²) in [6, 6.07) is 11.7. The molecule has 0 aliphatic rings. The maximum atomic E-state index is 12.5. The molecule has 1 heterocycles. The van der Waals surface area contributed by atoms with E-state index in [0.29, 0.717) is 35.1 Å². The number of esters is 1. The van der Waals surface area contributed by atoms with E-state index in [-0.39, 0.29) is 24.2 Å². The smallest absolute Gasteiger partial charge is 0.339 e. The molecule has 3 aromatic rings. The van der Waals surface area contributed by atoms with Crippen LogP contribution in [0.1, 0.15) is 56.4 Å². The largest absolute Gasteiger partial charge is 0.487 e. The maximum Gasteiger partial charge on any atom is 0.339 e. The highest BCUT2D eigenvalue weighted by molar-refractivity contribution is 6.32. The molecule has 0 N–H and O–H groups in total. The lowest BCUT2D eigenvalue weighted by atomic mass is 9.87. The number of hydrogen-bond acceptors (Lipinski definition) is 5. The van der Waals surface area contributed by atoms with Gasteiger partial charge in [-0.25, -0.2) is 4.79 Å². The lowest BCUT2D eigenvalue weighted by molar-refractivity contribution is -0.143. The van der Waals surface area contributed by atoms with Crippen LogP contribution in [-0.4, -0.2) is 12.6 Å². The minimum Gasteiger partial charge on any atom is -0.487 e. The van der Waals surface area contributed by atoms with E-state index in [1.807, 2.05) is 19.1 Å². The molecule has 1 aromatic heterocycles. The van der Waals surface area contributed by atoms with Gasteiger partial charge < -0.3 is 13.9 Å². The Kier molecular flexibility index (Phi) is 7.29. The molecule has 32 heavy (non-hydrogen) atoms. The second kappa shape index (κ2) is 9.78. The van der Waals surface area contributed by atoms with Crippen molar-refractivity contribution >= 4 is 28.5 Å². The highest BCUT2D eigenvalue weighted by Crippen LogP contribution is 2.33. The third kappa shape index (κ3) is 5.52. The SMILES string of the molecule is CCOC(=O)CCc1c(C)c2cc(Cl)c(OCc3ccc(C(C)(C)C)cc3)cc2oc1=O. The van der Waals surface area contributed by atoms with Gasteiger partial charge in [0.05, 0.1) is 11.6 Å². The highest BCUT2D eigenvalue weighted by atomic mass is 35.5. The van der Waals surface area contributed by atoms with Crippen molar-refractivity contribution in [3.63, 3.8) is 0 Å². The fourth-order valence-electron chi connectivity index (χ4n) is 3.51. The number of carbonyl (C=O) groups is 1. The normalized spacial score (nSPS) is 11.6. The Bertz CT molecular complexity index is 1170. The van der Waals surface area contributed by atoms with Gasteiger partial charge in [0.15, 0.2) is 0 Å². The summed E-state index contributed by atoms with van der Waals surface area (Å²) < 4.78 is 16.4. The number of rotatable bonds is 7. The van der Waals surface area contributed by atoms with E-state index in [0.717, 1.165) is 16.5 Å². The number of carbonyl (C=O) groups excluding carboxylic acids is 1. The molecule has 0 saturated heterocycles. The zero-order chi connectivity index (χ0) is 23.5. The van der Waals surface area contributed by atoms with Crippen molar-refractivity contribution in [2.24, 2.45) is 0 Å². The van der Waals surface area contributed by atoms with Crippen LogP contribution in [0.5, 0.6) is 5.75 Å². The van der Waals surface area contributed by atoms with Gasteiger partial charge in [-0.15, -0.1) is 0 Å². The van der Waals surface area contributed by atoms with E-state index < -0.39 is 5.63 Å². The molecule has 0 unspecified atom stereocenters. The molecule has 0 aliphatic heterocycles. The first-order valence-corrected chi connectivity index (χ1v) is 11.1. The minimum absolute atomic E-state index is 0.0889. The summed E-state index contributed by atoms with van der Waals surface area (Å²) in [5, 5.41) is 1.15. The van der Waals surface area contributed by atoms with Gasteiger partial charge in [-0.1, -0.05) is 56.6 Å². The molecule has 170 valence electrons. The molecule has 0 aliphatic carbocycles. The minimum atomic E-state index is -0.467. The quantitative estimate of drug-likeness (QED) is 0.316. The second-order valence-corrected chi connectivity index (χ2v) is 9.22. The molecule has 6 heteroatoms. The number of halogens is 1. The number of ether oxygens (including phenoxy) is 2. The Balaban J connectivity index is 1.81. The summed E-state index contributed by atoms with van der Waals surface area (Å²) in [6.45, 7) is 10.7. The van der Waals surface area contributed by atoms with Crippen LogP contribution in [0.25, 0.3) is 11.0 Å². The van der Waals surface area contributed by atoms with Crippen molar-refractivity contribution in [2.45, 2.75) is 59.5 Å². The predicted molar refractivity (Wildman–Crippen MR) is 127 cm³/mol. The van der Waals surface area contributed by atoms with E-state index in [1.165, 1.54) is 5.56 Å². The molecule has 3 rings (SSSR count). The van der Waals surface area contributed by atoms with Crippen LogP contribution < -0.4 is 10.4 Å². The van der Waals surface area contributed by atoms with Gasteiger partial charge in [0, 0.05) is 23.4 Å². The second-order valence-electron chi connectivity index (χ2n) is 8.81. The van der Waals surface area contributed by atoms with Gasteiger partial charge in [-0.2, -0.15) is 0 Å². The molecule has 0 fully saturated rings. The summed E-state index contributed by atoms with van der Waals surface area (Å²) in [5.74, 6) is 0.101. The summed E-state index contributed by atoms with van der Waals surface area (Å²) in [6.07, 6.45) is 0.372.